The molecule has 0 saturated carbocycles. The number of halogens is 2. The number of anilines is 1. The molecular weight excluding hydrogens is 373 g/mol. The average Bonchev–Trinajstić information content (AvgIpc) is 3.08. The monoisotopic (exact) mass is 389 g/mol. The van der Waals surface area contributed by atoms with Crippen LogP contribution in [0.5, 0.6) is 0 Å². The van der Waals surface area contributed by atoms with Gasteiger partial charge < -0.3 is 4.90 Å². The van der Waals surface area contributed by atoms with E-state index < -0.39 is 0 Å². The van der Waals surface area contributed by atoms with Crippen molar-refractivity contribution in [1.82, 2.24) is 19.7 Å². The number of aromatic nitrogens is 4. The molecule has 0 N–H and O–H groups in total. The van der Waals surface area contributed by atoms with Crippen molar-refractivity contribution in [3.8, 4) is 0 Å². The van der Waals surface area contributed by atoms with Crippen LogP contribution in [0.4, 0.5) is 10.2 Å². The van der Waals surface area contributed by atoms with E-state index in [9.17, 15) is 4.39 Å². The normalized spacial score (nSPS) is 20.9. The Morgan fingerprint density at radius 1 is 1.29 bits per heavy atom. The molecule has 1 aliphatic heterocycles. The minimum Gasteiger partial charge on any atom is -0.349 e. The van der Waals surface area contributed by atoms with Crippen molar-refractivity contribution in [1.29, 1.82) is 0 Å². The zero-order chi connectivity index (χ0) is 16.8. The third-order valence-corrected chi connectivity index (χ3v) is 5.28. The summed E-state index contributed by atoms with van der Waals surface area (Å²) >= 11 is 3.52. The van der Waals surface area contributed by atoms with E-state index in [4.69, 9.17) is 0 Å². The van der Waals surface area contributed by atoms with Gasteiger partial charge in [-0.2, -0.15) is 5.10 Å². The fourth-order valence-electron chi connectivity index (χ4n) is 3.63. The molecule has 5 nitrogen and oxygen atoms in total. The number of aryl methyl sites for hydroxylation is 1. The van der Waals surface area contributed by atoms with Crippen LogP contribution in [0.1, 0.15) is 24.9 Å². The zero-order valence-corrected chi connectivity index (χ0v) is 15.0. The summed E-state index contributed by atoms with van der Waals surface area (Å²) in [5, 5.41) is 5.30. The lowest BCUT2D eigenvalue weighted by Gasteiger charge is -2.28. The number of rotatable bonds is 2. The van der Waals surface area contributed by atoms with E-state index in [1.165, 1.54) is 6.07 Å². The number of benzene rings is 1. The predicted octanol–water partition coefficient (Wildman–Crippen LogP) is 3.85. The van der Waals surface area contributed by atoms with E-state index in [1.54, 1.807) is 23.1 Å². The summed E-state index contributed by atoms with van der Waals surface area (Å²) in [5.41, 5.74) is 1.76. The maximum absolute atomic E-state index is 13.7. The van der Waals surface area contributed by atoms with Crippen molar-refractivity contribution in [2.24, 2.45) is 13.0 Å². The Hall–Kier alpha value is -2.02. The van der Waals surface area contributed by atoms with E-state index in [-0.39, 0.29) is 11.9 Å². The highest BCUT2D eigenvalue weighted by Crippen LogP contribution is 2.42. The Bertz CT molecular complexity index is 909. The van der Waals surface area contributed by atoms with Crippen LogP contribution in [0.3, 0.4) is 0 Å². The molecule has 124 valence electrons. The lowest BCUT2D eigenvalue weighted by Crippen LogP contribution is -2.26. The molecule has 7 heteroatoms. The molecule has 0 amide bonds. The molecule has 24 heavy (non-hydrogen) atoms. The molecule has 1 saturated heterocycles. The molecule has 0 radical (unpaired) electrons. The van der Waals surface area contributed by atoms with Crippen molar-refractivity contribution in [3.63, 3.8) is 0 Å². The second-order valence-corrected chi connectivity index (χ2v) is 7.02. The zero-order valence-electron chi connectivity index (χ0n) is 13.4. The highest BCUT2D eigenvalue weighted by molar-refractivity contribution is 9.10. The van der Waals surface area contributed by atoms with Gasteiger partial charge in [-0.3, -0.25) is 0 Å². The van der Waals surface area contributed by atoms with E-state index >= 15 is 0 Å². The predicted molar refractivity (Wildman–Crippen MR) is 94.3 cm³/mol. The maximum Gasteiger partial charge on any atom is 0.164 e. The molecule has 0 spiro atoms. The lowest BCUT2D eigenvalue weighted by atomic mass is 9.95. The van der Waals surface area contributed by atoms with Crippen LogP contribution in [0.15, 0.2) is 35.2 Å². The summed E-state index contributed by atoms with van der Waals surface area (Å²) in [6, 6.07) is 6.94. The first kappa shape index (κ1) is 15.5. The van der Waals surface area contributed by atoms with Gasteiger partial charge in [-0.25, -0.2) is 19.0 Å². The van der Waals surface area contributed by atoms with Crippen LogP contribution in [0, 0.1) is 11.7 Å². The van der Waals surface area contributed by atoms with Crippen molar-refractivity contribution >= 4 is 32.8 Å². The molecule has 1 aliphatic rings. The second-order valence-electron chi connectivity index (χ2n) is 6.27. The molecule has 0 aliphatic carbocycles. The van der Waals surface area contributed by atoms with Crippen LogP contribution < -0.4 is 4.90 Å². The van der Waals surface area contributed by atoms with Gasteiger partial charge in [0.05, 0.1) is 11.4 Å². The van der Waals surface area contributed by atoms with Gasteiger partial charge in [0.15, 0.2) is 5.65 Å². The number of hydrogen-bond acceptors (Lipinski definition) is 4. The van der Waals surface area contributed by atoms with E-state index in [1.807, 2.05) is 13.1 Å². The van der Waals surface area contributed by atoms with Gasteiger partial charge >= 0.3 is 0 Å². The van der Waals surface area contributed by atoms with Crippen LogP contribution in [-0.2, 0) is 7.05 Å². The maximum atomic E-state index is 13.7. The molecule has 0 bridgehead atoms. The fourth-order valence-corrected chi connectivity index (χ4v) is 4.22. The number of hydrogen-bond donors (Lipinski definition) is 0. The van der Waals surface area contributed by atoms with Crippen LogP contribution in [0.25, 0.3) is 11.0 Å². The van der Waals surface area contributed by atoms with E-state index in [0.717, 1.165) is 40.0 Å². The van der Waals surface area contributed by atoms with Gasteiger partial charge in [0, 0.05) is 13.6 Å². The highest BCUT2D eigenvalue weighted by atomic mass is 79.9. The topological polar surface area (TPSA) is 46.8 Å². The van der Waals surface area contributed by atoms with Gasteiger partial charge in [0.25, 0.3) is 0 Å². The third-order valence-electron chi connectivity index (χ3n) is 4.72. The number of nitrogens with zero attached hydrogens (tertiary/aromatic N) is 5. The standard InChI is InChI=1S/C17H17BrFN5/c1-10-6-7-24(14(10)11-4-3-5-12(19)8-11)17-13-15(18)22-23(2)16(13)20-9-21-17/h3-5,8-10,14H,6-7H2,1-2H3. The highest BCUT2D eigenvalue weighted by Gasteiger charge is 2.35. The fraction of sp³-hybridized carbons (Fsp3) is 0.353. The van der Waals surface area contributed by atoms with Gasteiger partial charge in [-0.05, 0) is 46.0 Å². The van der Waals surface area contributed by atoms with Crippen molar-refractivity contribution in [2.75, 3.05) is 11.4 Å². The van der Waals surface area contributed by atoms with Crippen LogP contribution >= 0.6 is 15.9 Å². The second kappa shape index (κ2) is 5.81. The SMILES string of the molecule is CC1CCN(c2ncnc3c2c(Br)nn3C)C1c1cccc(F)c1. The molecule has 2 unspecified atom stereocenters. The molecule has 2 aromatic heterocycles. The molecule has 2 atom stereocenters. The smallest absolute Gasteiger partial charge is 0.164 e. The first-order chi connectivity index (χ1) is 11.6. The van der Waals surface area contributed by atoms with Crippen LogP contribution in [-0.4, -0.2) is 26.3 Å². The lowest BCUT2D eigenvalue weighted by molar-refractivity contribution is 0.526. The van der Waals surface area contributed by atoms with E-state index in [2.05, 4.69) is 42.8 Å². The first-order valence-electron chi connectivity index (χ1n) is 7.91. The summed E-state index contributed by atoms with van der Waals surface area (Å²) in [7, 11) is 1.86. The third kappa shape index (κ3) is 2.38. The summed E-state index contributed by atoms with van der Waals surface area (Å²) in [6.07, 6.45) is 2.60. The first-order valence-corrected chi connectivity index (χ1v) is 8.71. The Kier molecular flexibility index (Phi) is 3.75. The molecular formula is C17H17BrFN5. The van der Waals surface area contributed by atoms with Crippen LogP contribution in [0.2, 0.25) is 0 Å². The van der Waals surface area contributed by atoms with Gasteiger partial charge in [0.1, 0.15) is 22.6 Å². The summed E-state index contributed by atoms with van der Waals surface area (Å²) in [4.78, 5) is 11.1. The van der Waals surface area contributed by atoms with Crippen molar-refractivity contribution in [2.45, 2.75) is 19.4 Å². The Morgan fingerprint density at radius 2 is 2.12 bits per heavy atom. The largest absolute Gasteiger partial charge is 0.349 e. The molecule has 4 rings (SSSR count). The molecule has 3 aromatic rings. The minimum absolute atomic E-state index is 0.0888. The van der Waals surface area contributed by atoms with Gasteiger partial charge in [0.2, 0.25) is 0 Å². The quantitative estimate of drug-likeness (QED) is 0.667. The van der Waals surface area contributed by atoms with Crippen molar-refractivity contribution in [3.05, 3.63) is 46.6 Å². The average molecular weight is 390 g/mol. The summed E-state index contributed by atoms with van der Waals surface area (Å²) in [5.74, 6) is 1.05. The Balaban J connectivity index is 1.86. The van der Waals surface area contributed by atoms with E-state index in [0.29, 0.717) is 5.92 Å². The summed E-state index contributed by atoms with van der Waals surface area (Å²) in [6.45, 7) is 3.07. The Morgan fingerprint density at radius 3 is 2.92 bits per heavy atom. The molecule has 1 fully saturated rings. The molecule has 3 heterocycles. The van der Waals surface area contributed by atoms with Gasteiger partial charge in [-0.1, -0.05) is 19.1 Å². The van der Waals surface area contributed by atoms with Crippen molar-refractivity contribution < 1.29 is 4.39 Å². The number of fused-ring (bicyclic) bond motifs is 1. The molecule has 1 aromatic carbocycles. The van der Waals surface area contributed by atoms with Gasteiger partial charge in [-0.15, -0.1) is 0 Å². The minimum atomic E-state index is -0.207. The Labute approximate surface area is 147 Å². The summed E-state index contributed by atoms with van der Waals surface area (Å²) < 4.78 is 16.2.